The molecule has 1 rings (SSSR count). The maximum Gasteiger partial charge on any atom is 0.237 e. The van der Waals surface area contributed by atoms with Crippen molar-refractivity contribution in [1.29, 1.82) is 0 Å². The second kappa shape index (κ2) is 6.50. The highest BCUT2D eigenvalue weighted by Crippen LogP contribution is 2.18. The number of morpholine rings is 1. The Morgan fingerprint density at radius 2 is 2.33 bits per heavy atom. The molecule has 3 N–H and O–H groups in total. The first-order valence-corrected chi connectivity index (χ1v) is 6.79. The molecular formula is C13H27N3O2. The van der Waals surface area contributed by atoms with E-state index in [1.54, 1.807) is 0 Å². The summed E-state index contributed by atoms with van der Waals surface area (Å²) in [6.07, 6.45) is 0.989. The maximum atomic E-state index is 11.6. The average molecular weight is 257 g/mol. The molecule has 1 aliphatic rings. The van der Waals surface area contributed by atoms with Crippen molar-refractivity contribution in [2.24, 2.45) is 5.73 Å². The van der Waals surface area contributed by atoms with E-state index in [2.05, 4.69) is 24.1 Å². The van der Waals surface area contributed by atoms with Crippen molar-refractivity contribution >= 4 is 5.91 Å². The second-order valence-corrected chi connectivity index (χ2v) is 5.46. The van der Waals surface area contributed by atoms with E-state index in [0.29, 0.717) is 6.04 Å². The highest BCUT2D eigenvalue weighted by atomic mass is 16.5. The minimum Gasteiger partial charge on any atom is -0.376 e. The number of nitrogens with one attached hydrogen (secondary N) is 1. The Balaban J connectivity index is 2.60. The largest absolute Gasteiger partial charge is 0.376 e. The predicted octanol–water partition coefficient (Wildman–Crippen LogP) is 0.339. The molecule has 0 saturated carbocycles. The minimum atomic E-state index is -0.629. The van der Waals surface area contributed by atoms with Gasteiger partial charge in [0, 0.05) is 19.1 Å². The fourth-order valence-corrected chi connectivity index (χ4v) is 2.62. The van der Waals surface area contributed by atoms with Gasteiger partial charge in [-0.1, -0.05) is 6.92 Å². The number of carbonyl (C=O) groups excluding carboxylic acids is 1. The van der Waals surface area contributed by atoms with Crippen LogP contribution in [0.5, 0.6) is 0 Å². The molecule has 0 spiro atoms. The van der Waals surface area contributed by atoms with Crippen molar-refractivity contribution in [2.75, 3.05) is 26.2 Å². The Bertz CT molecular complexity index is 285. The van der Waals surface area contributed by atoms with Crippen LogP contribution in [0.1, 0.15) is 34.1 Å². The van der Waals surface area contributed by atoms with Crippen molar-refractivity contribution in [3.8, 4) is 0 Å². The molecule has 0 aliphatic carbocycles. The number of amides is 1. The third-order valence-electron chi connectivity index (χ3n) is 3.71. The van der Waals surface area contributed by atoms with E-state index in [1.807, 2.05) is 13.8 Å². The fourth-order valence-electron chi connectivity index (χ4n) is 2.62. The van der Waals surface area contributed by atoms with E-state index in [-0.39, 0.29) is 12.0 Å². The number of ether oxygens (including phenoxy) is 1. The summed E-state index contributed by atoms with van der Waals surface area (Å²) >= 11 is 0. The summed E-state index contributed by atoms with van der Waals surface area (Å²) in [5.74, 6) is -0.280. The first-order chi connectivity index (χ1) is 8.39. The van der Waals surface area contributed by atoms with Crippen LogP contribution >= 0.6 is 0 Å². The van der Waals surface area contributed by atoms with Gasteiger partial charge in [0.15, 0.2) is 0 Å². The molecule has 0 aromatic rings. The molecule has 3 unspecified atom stereocenters. The summed E-state index contributed by atoms with van der Waals surface area (Å²) in [7, 11) is 0. The molecule has 5 heteroatoms. The van der Waals surface area contributed by atoms with Gasteiger partial charge >= 0.3 is 0 Å². The van der Waals surface area contributed by atoms with Gasteiger partial charge in [-0.15, -0.1) is 0 Å². The van der Waals surface area contributed by atoms with Crippen molar-refractivity contribution in [2.45, 2.75) is 51.8 Å². The summed E-state index contributed by atoms with van der Waals surface area (Å²) in [5.41, 5.74) is 4.89. The maximum absolute atomic E-state index is 11.6. The third kappa shape index (κ3) is 3.93. The van der Waals surface area contributed by atoms with Crippen molar-refractivity contribution in [1.82, 2.24) is 10.2 Å². The summed E-state index contributed by atoms with van der Waals surface area (Å²) < 4.78 is 5.53. The summed E-state index contributed by atoms with van der Waals surface area (Å²) in [5, 5.41) is 3.21. The highest BCUT2D eigenvalue weighted by molar-refractivity contribution is 5.84. The summed E-state index contributed by atoms with van der Waals surface area (Å²) in [4.78, 5) is 14.0. The molecule has 3 atom stereocenters. The molecule has 1 fully saturated rings. The molecule has 0 radical (unpaired) electrons. The molecule has 1 amide bonds. The van der Waals surface area contributed by atoms with E-state index < -0.39 is 5.54 Å². The highest BCUT2D eigenvalue weighted by Gasteiger charge is 2.34. The Hall–Kier alpha value is -0.650. The van der Waals surface area contributed by atoms with Gasteiger partial charge in [0.25, 0.3) is 0 Å². The molecule has 18 heavy (non-hydrogen) atoms. The Labute approximate surface area is 110 Å². The fraction of sp³-hybridized carbons (Fsp3) is 0.923. The van der Waals surface area contributed by atoms with Gasteiger partial charge < -0.3 is 15.8 Å². The number of nitrogens with two attached hydrogens (primary N) is 1. The zero-order valence-corrected chi connectivity index (χ0v) is 12.0. The zero-order valence-electron chi connectivity index (χ0n) is 12.0. The van der Waals surface area contributed by atoms with Crippen molar-refractivity contribution in [3.05, 3.63) is 0 Å². The van der Waals surface area contributed by atoms with Crippen molar-refractivity contribution < 1.29 is 9.53 Å². The lowest BCUT2D eigenvalue weighted by molar-refractivity contribution is -0.125. The third-order valence-corrected chi connectivity index (χ3v) is 3.71. The van der Waals surface area contributed by atoms with Gasteiger partial charge in [-0.3, -0.25) is 9.69 Å². The first kappa shape index (κ1) is 15.4. The number of rotatable bonds is 6. The van der Waals surface area contributed by atoms with E-state index in [9.17, 15) is 4.79 Å². The van der Waals surface area contributed by atoms with Crippen LogP contribution in [-0.2, 0) is 9.53 Å². The average Bonchev–Trinajstić information content (AvgIpc) is 2.29. The zero-order chi connectivity index (χ0) is 13.8. The Morgan fingerprint density at radius 3 is 2.83 bits per heavy atom. The number of primary amides is 1. The summed E-state index contributed by atoms with van der Waals surface area (Å²) in [6.45, 7) is 11.5. The number of hydrogen-bond donors (Lipinski definition) is 2. The number of nitrogens with zero attached hydrogens (tertiary/aromatic N) is 1. The normalized spacial score (nSPS) is 26.6. The van der Waals surface area contributed by atoms with Gasteiger partial charge in [0.1, 0.15) is 0 Å². The lowest BCUT2D eigenvalue weighted by Crippen LogP contribution is -2.57. The van der Waals surface area contributed by atoms with Crippen LogP contribution in [0, 0.1) is 0 Å². The van der Waals surface area contributed by atoms with Crippen LogP contribution in [0.3, 0.4) is 0 Å². The molecule has 1 aliphatic heterocycles. The lowest BCUT2D eigenvalue weighted by atomic mass is 9.91. The minimum absolute atomic E-state index is 0.264. The predicted molar refractivity (Wildman–Crippen MR) is 72.3 cm³/mol. The molecule has 106 valence electrons. The smallest absolute Gasteiger partial charge is 0.237 e. The van der Waals surface area contributed by atoms with Crippen LogP contribution < -0.4 is 11.1 Å². The molecule has 1 heterocycles. The Kier molecular flexibility index (Phi) is 5.56. The van der Waals surface area contributed by atoms with Gasteiger partial charge in [-0.05, 0) is 33.7 Å². The van der Waals surface area contributed by atoms with Gasteiger partial charge in [-0.25, -0.2) is 0 Å². The van der Waals surface area contributed by atoms with Crippen LogP contribution in [0.2, 0.25) is 0 Å². The quantitative estimate of drug-likeness (QED) is 0.720. The molecule has 1 saturated heterocycles. The number of likely N-dealkylation sites (N-methyl/N-ethyl adjacent to an activating group) is 1. The molecule has 5 nitrogen and oxygen atoms in total. The van der Waals surface area contributed by atoms with E-state index in [4.69, 9.17) is 10.5 Å². The van der Waals surface area contributed by atoms with Gasteiger partial charge in [0.2, 0.25) is 5.91 Å². The van der Waals surface area contributed by atoms with Gasteiger partial charge in [-0.2, -0.15) is 0 Å². The van der Waals surface area contributed by atoms with E-state index in [1.165, 1.54) is 0 Å². The van der Waals surface area contributed by atoms with Crippen molar-refractivity contribution in [3.63, 3.8) is 0 Å². The standard InChI is InChI=1S/C13H27N3O2/c1-5-15-13(4,12(14)17)8-10(2)16-6-7-18-11(3)9-16/h10-11,15H,5-9H2,1-4H3,(H2,14,17). The van der Waals surface area contributed by atoms with Gasteiger partial charge in [0.05, 0.1) is 18.2 Å². The monoisotopic (exact) mass is 257 g/mol. The van der Waals surface area contributed by atoms with E-state index in [0.717, 1.165) is 32.7 Å². The summed E-state index contributed by atoms with van der Waals surface area (Å²) in [6, 6.07) is 0.313. The SMILES string of the molecule is CCNC(C)(CC(C)N1CCOC(C)C1)C(N)=O. The molecular weight excluding hydrogens is 230 g/mol. The second-order valence-electron chi connectivity index (χ2n) is 5.46. The topological polar surface area (TPSA) is 67.6 Å². The van der Waals surface area contributed by atoms with Crippen LogP contribution in [0.15, 0.2) is 0 Å². The Morgan fingerprint density at radius 1 is 1.67 bits per heavy atom. The van der Waals surface area contributed by atoms with Crippen LogP contribution in [0.4, 0.5) is 0 Å². The number of carbonyl (C=O) groups is 1. The molecule has 0 aromatic carbocycles. The first-order valence-electron chi connectivity index (χ1n) is 6.79. The molecule has 0 aromatic heterocycles. The lowest BCUT2D eigenvalue weighted by Gasteiger charge is -2.39. The van der Waals surface area contributed by atoms with Crippen LogP contribution in [0.25, 0.3) is 0 Å². The number of hydrogen-bond acceptors (Lipinski definition) is 4. The van der Waals surface area contributed by atoms with E-state index >= 15 is 0 Å². The molecule has 0 bridgehead atoms. The van der Waals surface area contributed by atoms with Crippen LogP contribution in [-0.4, -0.2) is 54.7 Å².